The van der Waals surface area contributed by atoms with E-state index in [2.05, 4.69) is 57.3 Å². The highest BCUT2D eigenvalue weighted by Crippen LogP contribution is 2.18. The number of hydrogen-bond acceptors (Lipinski definition) is 2. The van der Waals surface area contributed by atoms with E-state index < -0.39 is 0 Å². The van der Waals surface area contributed by atoms with Gasteiger partial charge in [0.25, 0.3) is 0 Å². The summed E-state index contributed by atoms with van der Waals surface area (Å²) >= 11 is 0. The van der Waals surface area contributed by atoms with Gasteiger partial charge in [0.15, 0.2) is 0 Å². The highest BCUT2D eigenvalue weighted by Gasteiger charge is 1.99. The summed E-state index contributed by atoms with van der Waals surface area (Å²) in [4.78, 5) is 0. The summed E-state index contributed by atoms with van der Waals surface area (Å²) in [5.74, 6) is 2.28. The molecule has 0 saturated carbocycles. The van der Waals surface area contributed by atoms with E-state index in [1.54, 1.807) is 0 Å². The summed E-state index contributed by atoms with van der Waals surface area (Å²) in [5, 5.41) is 3.42. The molecule has 0 unspecified atom stereocenters. The molecule has 0 aliphatic carbocycles. The van der Waals surface area contributed by atoms with Crippen molar-refractivity contribution in [1.29, 1.82) is 0 Å². The first-order valence-corrected chi connectivity index (χ1v) is 7.03. The van der Waals surface area contributed by atoms with Crippen LogP contribution in [0.5, 0.6) is 5.75 Å². The standard InChI is InChI=1S/C16H27NO/c1-13(2)12-17-10-5-11-18-16-8-6-15(7-9-16)14(3)4/h6-9,13-14,17H,5,10-12H2,1-4H3. The minimum Gasteiger partial charge on any atom is -0.494 e. The van der Waals surface area contributed by atoms with Crippen molar-refractivity contribution >= 4 is 0 Å². The first kappa shape index (κ1) is 15.0. The summed E-state index contributed by atoms with van der Waals surface area (Å²) in [6.07, 6.45) is 1.05. The summed E-state index contributed by atoms with van der Waals surface area (Å²) in [6, 6.07) is 8.43. The van der Waals surface area contributed by atoms with Gasteiger partial charge in [-0.15, -0.1) is 0 Å². The Bertz CT molecular complexity index is 316. The van der Waals surface area contributed by atoms with Gasteiger partial charge in [-0.2, -0.15) is 0 Å². The molecule has 2 nitrogen and oxygen atoms in total. The molecule has 0 aliphatic rings. The molecule has 0 spiro atoms. The minimum absolute atomic E-state index is 0.583. The van der Waals surface area contributed by atoms with Gasteiger partial charge >= 0.3 is 0 Å². The average Bonchev–Trinajstić information content (AvgIpc) is 2.34. The van der Waals surface area contributed by atoms with Crippen LogP contribution in [-0.2, 0) is 0 Å². The Morgan fingerprint density at radius 3 is 2.28 bits per heavy atom. The SMILES string of the molecule is CC(C)CNCCCOc1ccc(C(C)C)cc1. The molecule has 0 atom stereocenters. The Labute approximate surface area is 112 Å². The van der Waals surface area contributed by atoms with Gasteiger partial charge in [-0.05, 0) is 49.0 Å². The summed E-state index contributed by atoms with van der Waals surface area (Å²) in [5.41, 5.74) is 1.36. The van der Waals surface area contributed by atoms with Crippen molar-refractivity contribution in [2.24, 2.45) is 5.92 Å². The van der Waals surface area contributed by atoms with Gasteiger partial charge in [0.1, 0.15) is 5.75 Å². The second-order valence-electron chi connectivity index (χ2n) is 5.52. The Morgan fingerprint density at radius 1 is 1.06 bits per heavy atom. The topological polar surface area (TPSA) is 21.3 Å². The molecule has 0 heterocycles. The predicted molar refractivity (Wildman–Crippen MR) is 78.4 cm³/mol. The fourth-order valence-electron chi connectivity index (χ4n) is 1.73. The highest BCUT2D eigenvalue weighted by atomic mass is 16.5. The molecular formula is C16H27NO. The van der Waals surface area contributed by atoms with E-state index in [9.17, 15) is 0 Å². The lowest BCUT2D eigenvalue weighted by Gasteiger charge is -2.10. The van der Waals surface area contributed by atoms with E-state index in [1.165, 1.54) is 5.56 Å². The van der Waals surface area contributed by atoms with Crippen LogP contribution in [0.25, 0.3) is 0 Å². The van der Waals surface area contributed by atoms with Crippen LogP contribution in [0, 0.1) is 5.92 Å². The van der Waals surface area contributed by atoms with Crippen LogP contribution in [0.4, 0.5) is 0 Å². The summed E-state index contributed by atoms with van der Waals surface area (Å²) in [7, 11) is 0. The van der Waals surface area contributed by atoms with Crippen molar-refractivity contribution in [3.8, 4) is 5.75 Å². The molecule has 0 aromatic heterocycles. The lowest BCUT2D eigenvalue weighted by molar-refractivity contribution is 0.307. The first-order valence-electron chi connectivity index (χ1n) is 7.03. The largest absolute Gasteiger partial charge is 0.494 e. The van der Waals surface area contributed by atoms with Gasteiger partial charge in [-0.3, -0.25) is 0 Å². The molecule has 1 aromatic carbocycles. The zero-order valence-corrected chi connectivity index (χ0v) is 12.2. The quantitative estimate of drug-likeness (QED) is 0.707. The van der Waals surface area contributed by atoms with Gasteiger partial charge in [-0.1, -0.05) is 39.8 Å². The van der Waals surface area contributed by atoms with E-state index in [-0.39, 0.29) is 0 Å². The van der Waals surface area contributed by atoms with E-state index in [1.807, 2.05) is 0 Å². The van der Waals surface area contributed by atoms with Crippen molar-refractivity contribution in [2.45, 2.75) is 40.0 Å². The molecule has 102 valence electrons. The third-order valence-electron chi connectivity index (χ3n) is 2.87. The second-order valence-corrected chi connectivity index (χ2v) is 5.52. The predicted octanol–water partition coefficient (Wildman–Crippen LogP) is 3.82. The van der Waals surface area contributed by atoms with Gasteiger partial charge < -0.3 is 10.1 Å². The van der Waals surface area contributed by atoms with E-state index >= 15 is 0 Å². The van der Waals surface area contributed by atoms with Crippen LogP contribution in [0.2, 0.25) is 0 Å². The molecule has 1 rings (SSSR count). The minimum atomic E-state index is 0.583. The van der Waals surface area contributed by atoms with E-state index in [0.29, 0.717) is 5.92 Å². The number of benzene rings is 1. The zero-order chi connectivity index (χ0) is 13.4. The van der Waals surface area contributed by atoms with Crippen molar-refractivity contribution in [1.82, 2.24) is 5.32 Å². The normalized spacial score (nSPS) is 11.2. The molecule has 1 N–H and O–H groups in total. The van der Waals surface area contributed by atoms with Gasteiger partial charge in [0.05, 0.1) is 6.61 Å². The summed E-state index contributed by atoms with van der Waals surface area (Å²) in [6.45, 7) is 11.8. The zero-order valence-electron chi connectivity index (χ0n) is 12.2. The van der Waals surface area contributed by atoms with Crippen LogP contribution in [0.15, 0.2) is 24.3 Å². The summed E-state index contributed by atoms with van der Waals surface area (Å²) < 4.78 is 5.71. The average molecular weight is 249 g/mol. The van der Waals surface area contributed by atoms with Crippen LogP contribution in [-0.4, -0.2) is 19.7 Å². The number of ether oxygens (including phenoxy) is 1. The third kappa shape index (κ3) is 6.06. The molecule has 0 amide bonds. The third-order valence-corrected chi connectivity index (χ3v) is 2.87. The fourth-order valence-corrected chi connectivity index (χ4v) is 1.73. The van der Waals surface area contributed by atoms with E-state index in [4.69, 9.17) is 4.74 Å². The fraction of sp³-hybridized carbons (Fsp3) is 0.625. The van der Waals surface area contributed by atoms with Crippen LogP contribution >= 0.6 is 0 Å². The smallest absolute Gasteiger partial charge is 0.119 e. The second kappa shape index (κ2) is 8.15. The molecule has 0 fully saturated rings. The lowest BCUT2D eigenvalue weighted by Crippen LogP contribution is -2.22. The first-order chi connectivity index (χ1) is 8.59. The maximum absolute atomic E-state index is 5.71. The Kier molecular flexibility index (Phi) is 6.81. The highest BCUT2D eigenvalue weighted by molar-refractivity contribution is 5.28. The molecule has 0 aliphatic heterocycles. The van der Waals surface area contributed by atoms with E-state index in [0.717, 1.165) is 37.8 Å². The van der Waals surface area contributed by atoms with Gasteiger partial charge in [0, 0.05) is 0 Å². The van der Waals surface area contributed by atoms with Crippen molar-refractivity contribution in [3.63, 3.8) is 0 Å². The number of rotatable bonds is 8. The van der Waals surface area contributed by atoms with Crippen LogP contribution in [0.3, 0.4) is 0 Å². The lowest BCUT2D eigenvalue weighted by atomic mass is 10.0. The Morgan fingerprint density at radius 2 is 1.72 bits per heavy atom. The van der Waals surface area contributed by atoms with Crippen LogP contribution < -0.4 is 10.1 Å². The van der Waals surface area contributed by atoms with Gasteiger partial charge in [0.2, 0.25) is 0 Å². The Balaban J connectivity index is 2.15. The van der Waals surface area contributed by atoms with Crippen LogP contribution in [0.1, 0.15) is 45.6 Å². The molecule has 0 radical (unpaired) electrons. The number of hydrogen-bond donors (Lipinski definition) is 1. The molecule has 18 heavy (non-hydrogen) atoms. The Hall–Kier alpha value is -1.02. The maximum atomic E-state index is 5.71. The molecule has 1 aromatic rings. The molecule has 0 bridgehead atoms. The van der Waals surface area contributed by atoms with Crippen molar-refractivity contribution in [3.05, 3.63) is 29.8 Å². The molecular weight excluding hydrogens is 222 g/mol. The molecule has 0 saturated heterocycles. The van der Waals surface area contributed by atoms with Crippen molar-refractivity contribution in [2.75, 3.05) is 19.7 Å². The maximum Gasteiger partial charge on any atom is 0.119 e. The number of nitrogens with one attached hydrogen (secondary N) is 1. The molecule has 2 heteroatoms. The van der Waals surface area contributed by atoms with Gasteiger partial charge in [-0.25, -0.2) is 0 Å². The monoisotopic (exact) mass is 249 g/mol. The van der Waals surface area contributed by atoms with Crippen molar-refractivity contribution < 1.29 is 4.74 Å².